The minimum absolute atomic E-state index is 0.0191. The number of hydrogen-bond donors (Lipinski definition) is 2. The Balaban J connectivity index is 1.70. The van der Waals surface area contributed by atoms with Crippen molar-refractivity contribution in [2.75, 3.05) is 6.61 Å². The highest BCUT2D eigenvalue weighted by Gasteiger charge is 2.39. The summed E-state index contributed by atoms with van der Waals surface area (Å²) in [7, 11) is 0. The summed E-state index contributed by atoms with van der Waals surface area (Å²) >= 11 is 6.00. The maximum Gasteiger partial charge on any atom is 0.305 e. The largest absolute Gasteiger partial charge is 0.492 e. The molecule has 0 spiro atoms. The molecule has 1 amide bonds. The molecule has 1 fully saturated rings. The molecular formula is C17H20ClNO4. The van der Waals surface area contributed by atoms with Crippen LogP contribution in [0.3, 0.4) is 0 Å². The lowest BCUT2D eigenvalue weighted by Crippen LogP contribution is -2.51. The second kappa shape index (κ2) is 6.40. The van der Waals surface area contributed by atoms with Gasteiger partial charge >= 0.3 is 5.97 Å². The van der Waals surface area contributed by atoms with Gasteiger partial charge in [-0.3, -0.25) is 9.59 Å². The van der Waals surface area contributed by atoms with Crippen LogP contribution in [-0.4, -0.2) is 29.1 Å². The summed E-state index contributed by atoms with van der Waals surface area (Å²) in [4.78, 5) is 23.7. The predicted octanol–water partition coefficient (Wildman–Crippen LogP) is 2.79. The molecule has 3 rings (SSSR count). The Labute approximate surface area is 140 Å². The molecule has 2 N–H and O–H groups in total. The van der Waals surface area contributed by atoms with Crippen LogP contribution in [0.2, 0.25) is 5.02 Å². The predicted molar refractivity (Wildman–Crippen MR) is 85.7 cm³/mol. The first-order chi connectivity index (χ1) is 11.0. The molecule has 1 heterocycles. The smallest absolute Gasteiger partial charge is 0.305 e. The highest BCUT2D eigenvalue weighted by atomic mass is 35.5. The van der Waals surface area contributed by atoms with E-state index in [0.717, 1.165) is 37.0 Å². The second-order valence-corrected chi connectivity index (χ2v) is 6.95. The number of carbonyl (C=O) groups excluding carboxylic acids is 1. The average Bonchev–Trinajstić information content (AvgIpc) is 2.93. The van der Waals surface area contributed by atoms with Crippen molar-refractivity contribution >= 4 is 23.5 Å². The molecule has 1 atom stereocenters. The van der Waals surface area contributed by atoms with Crippen molar-refractivity contribution in [3.05, 3.63) is 28.8 Å². The van der Waals surface area contributed by atoms with Crippen molar-refractivity contribution in [3.8, 4) is 5.75 Å². The molecule has 0 aromatic heterocycles. The summed E-state index contributed by atoms with van der Waals surface area (Å²) in [5.41, 5.74) is 0.319. The maximum absolute atomic E-state index is 12.6. The molecule has 5 nitrogen and oxygen atoms in total. The van der Waals surface area contributed by atoms with Crippen LogP contribution in [-0.2, 0) is 16.0 Å². The third-order valence-corrected chi connectivity index (χ3v) is 4.97. The molecule has 1 saturated carbocycles. The monoisotopic (exact) mass is 337 g/mol. The summed E-state index contributed by atoms with van der Waals surface area (Å²) < 4.78 is 5.65. The fraction of sp³-hybridized carbons (Fsp3) is 0.529. The number of aliphatic carboxylic acids is 1. The van der Waals surface area contributed by atoms with Crippen LogP contribution < -0.4 is 10.1 Å². The molecule has 1 aromatic rings. The Morgan fingerprint density at radius 3 is 2.78 bits per heavy atom. The maximum atomic E-state index is 12.6. The van der Waals surface area contributed by atoms with Gasteiger partial charge in [-0.25, -0.2) is 0 Å². The highest BCUT2D eigenvalue weighted by Crippen LogP contribution is 2.34. The Morgan fingerprint density at radius 1 is 1.35 bits per heavy atom. The van der Waals surface area contributed by atoms with E-state index in [9.17, 15) is 9.59 Å². The van der Waals surface area contributed by atoms with E-state index in [4.69, 9.17) is 21.4 Å². The average molecular weight is 338 g/mol. The zero-order chi connectivity index (χ0) is 16.4. The minimum Gasteiger partial charge on any atom is -0.492 e. The van der Waals surface area contributed by atoms with Crippen LogP contribution in [0.1, 0.15) is 37.7 Å². The van der Waals surface area contributed by atoms with Crippen molar-refractivity contribution in [1.82, 2.24) is 5.32 Å². The Kier molecular flexibility index (Phi) is 4.48. The zero-order valence-electron chi connectivity index (χ0n) is 12.8. The summed E-state index contributed by atoms with van der Waals surface area (Å²) in [5, 5.41) is 12.8. The number of carboxylic acid groups (broad SMARTS) is 1. The van der Waals surface area contributed by atoms with E-state index in [2.05, 4.69) is 5.32 Å². The van der Waals surface area contributed by atoms with E-state index in [1.165, 1.54) is 0 Å². The molecule has 0 saturated heterocycles. The summed E-state index contributed by atoms with van der Waals surface area (Å²) in [6, 6.07) is 5.40. The number of carbonyl (C=O) groups is 2. The molecule has 0 bridgehead atoms. The van der Waals surface area contributed by atoms with E-state index >= 15 is 0 Å². The standard InChI is InChI=1S/C17H20ClNO4/c18-13-3-4-14-11(8-13)7-12(10-23-14)16(22)19-17(9-15(20)21)5-1-2-6-17/h3-4,8,12H,1-2,5-7,9-10H2,(H,19,22)(H,20,21). The van der Waals surface area contributed by atoms with Crippen LogP contribution >= 0.6 is 11.6 Å². The van der Waals surface area contributed by atoms with Gasteiger partial charge in [-0.2, -0.15) is 0 Å². The molecule has 124 valence electrons. The number of benzene rings is 1. The van der Waals surface area contributed by atoms with Crippen LogP contribution in [0, 0.1) is 5.92 Å². The number of ether oxygens (including phenoxy) is 1. The third-order valence-electron chi connectivity index (χ3n) is 4.74. The second-order valence-electron chi connectivity index (χ2n) is 6.51. The molecule has 1 aliphatic carbocycles. The molecule has 1 unspecified atom stereocenters. The van der Waals surface area contributed by atoms with Gasteiger partial charge < -0.3 is 15.2 Å². The van der Waals surface area contributed by atoms with Gasteiger partial charge in [0.1, 0.15) is 12.4 Å². The zero-order valence-corrected chi connectivity index (χ0v) is 13.6. The molecule has 1 aliphatic heterocycles. The number of fused-ring (bicyclic) bond motifs is 1. The van der Waals surface area contributed by atoms with Crippen LogP contribution in [0.5, 0.6) is 5.75 Å². The lowest BCUT2D eigenvalue weighted by Gasteiger charge is -2.32. The first kappa shape index (κ1) is 16.1. The number of amides is 1. The molecule has 1 aromatic carbocycles. The van der Waals surface area contributed by atoms with Gasteiger partial charge in [-0.05, 0) is 43.0 Å². The molecular weight excluding hydrogens is 318 g/mol. The van der Waals surface area contributed by atoms with Crippen molar-refractivity contribution in [2.45, 2.75) is 44.1 Å². The molecule has 2 aliphatic rings. The fourth-order valence-corrected chi connectivity index (χ4v) is 3.78. The van der Waals surface area contributed by atoms with E-state index in [0.29, 0.717) is 18.1 Å². The van der Waals surface area contributed by atoms with Gasteiger partial charge in [0.2, 0.25) is 5.91 Å². The van der Waals surface area contributed by atoms with Crippen molar-refractivity contribution < 1.29 is 19.4 Å². The SMILES string of the molecule is O=C(O)CC1(NC(=O)C2COc3ccc(Cl)cc3C2)CCCC1. The first-order valence-corrected chi connectivity index (χ1v) is 8.30. The normalized spacial score (nSPS) is 22.0. The minimum atomic E-state index is -0.871. The van der Waals surface area contributed by atoms with Gasteiger partial charge in [0.05, 0.1) is 17.9 Å². The highest BCUT2D eigenvalue weighted by molar-refractivity contribution is 6.30. The van der Waals surface area contributed by atoms with Gasteiger partial charge in [0, 0.05) is 5.02 Å². The Hall–Kier alpha value is -1.75. The van der Waals surface area contributed by atoms with Gasteiger partial charge in [-0.1, -0.05) is 24.4 Å². The molecule has 6 heteroatoms. The van der Waals surface area contributed by atoms with E-state index < -0.39 is 11.5 Å². The van der Waals surface area contributed by atoms with Crippen LogP contribution in [0.4, 0.5) is 0 Å². The summed E-state index contributed by atoms with van der Waals surface area (Å²) in [6.45, 7) is 0.309. The topological polar surface area (TPSA) is 75.6 Å². The fourth-order valence-electron chi connectivity index (χ4n) is 3.58. The lowest BCUT2D eigenvalue weighted by molar-refractivity contribution is -0.139. The van der Waals surface area contributed by atoms with Gasteiger partial charge in [0.15, 0.2) is 0 Å². The molecule has 0 radical (unpaired) electrons. The third kappa shape index (κ3) is 3.61. The van der Waals surface area contributed by atoms with Gasteiger partial charge in [0.25, 0.3) is 0 Å². The van der Waals surface area contributed by atoms with E-state index in [-0.39, 0.29) is 18.2 Å². The van der Waals surface area contributed by atoms with Crippen molar-refractivity contribution in [2.24, 2.45) is 5.92 Å². The number of halogens is 1. The Morgan fingerprint density at radius 2 is 2.09 bits per heavy atom. The number of nitrogens with one attached hydrogen (secondary N) is 1. The first-order valence-electron chi connectivity index (χ1n) is 7.92. The summed E-state index contributed by atoms with van der Waals surface area (Å²) in [5.74, 6) is -0.546. The van der Waals surface area contributed by atoms with Crippen molar-refractivity contribution in [1.29, 1.82) is 0 Å². The van der Waals surface area contributed by atoms with Crippen LogP contribution in [0.15, 0.2) is 18.2 Å². The number of hydrogen-bond acceptors (Lipinski definition) is 3. The van der Waals surface area contributed by atoms with Crippen LogP contribution in [0.25, 0.3) is 0 Å². The Bertz CT molecular complexity index is 625. The number of rotatable bonds is 4. The quantitative estimate of drug-likeness (QED) is 0.885. The van der Waals surface area contributed by atoms with E-state index in [1.807, 2.05) is 12.1 Å². The molecule has 23 heavy (non-hydrogen) atoms. The van der Waals surface area contributed by atoms with Crippen molar-refractivity contribution in [3.63, 3.8) is 0 Å². The van der Waals surface area contributed by atoms with E-state index in [1.54, 1.807) is 6.07 Å². The summed E-state index contributed by atoms with van der Waals surface area (Å²) in [6.07, 6.45) is 3.89. The number of carboxylic acids is 1. The van der Waals surface area contributed by atoms with Gasteiger partial charge in [-0.15, -0.1) is 0 Å². The lowest BCUT2D eigenvalue weighted by atomic mass is 9.90.